The SMILES string of the molecule is CCCCNC(=O)c1ncn2c1C(=O)N(C1CC1)C(C)(C(=O)NCc1cccc(C)c1)C2. The van der Waals surface area contributed by atoms with Gasteiger partial charge in [-0.3, -0.25) is 14.4 Å². The number of hydrogen-bond donors (Lipinski definition) is 2. The van der Waals surface area contributed by atoms with Gasteiger partial charge < -0.3 is 20.1 Å². The van der Waals surface area contributed by atoms with Crippen LogP contribution in [-0.4, -0.2) is 50.3 Å². The fourth-order valence-corrected chi connectivity index (χ4v) is 4.38. The zero-order valence-electron chi connectivity index (χ0n) is 19.0. The average molecular weight is 438 g/mol. The number of hydrogen-bond acceptors (Lipinski definition) is 4. The molecule has 0 spiro atoms. The van der Waals surface area contributed by atoms with Crippen molar-refractivity contribution in [2.75, 3.05) is 6.54 Å². The van der Waals surface area contributed by atoms with Crippen LogP contribution in [0.2, 0.25) is 0 Å². The van der Waals surface area contributed by atoms with E-state index in [9.17, 15) is 14.4 Å². The van der Waals surface area contributed by atoms with Gasteiger partial charge in [0, 0.05) is 19.1 Å². The van der Waals surface area contributed by atoms with Gasteiger partial charge in [-0.2, -0.15) is 0 Å². The molecule has 32 heavy (non-hydrogen) atoms. The van der Waals surface area contributed by atoms with Crippen LogP contribution in [0.15, 0.2) is 30.6 Å². The first kappa shape index (κ1) is 22.0. The third kappa shape index (κ3) is 4.13. The summed E-state index contributed by atoms with van der Waals surface area (Å²) in [6.07, 6.45) is 5.05. The summed E-state index contributed by atoms with van der Waals surface area (Å²) >= 11 is 0. The molecule has 2 aromatic rings. The monoisotopic (exact) mass is 437 g/mol. The van der Waals surface area contributed by atoms with Gasteiger partial charge in [-0.05, 0) is 38.7 Å². The molecule has 8 heteroatoms. The Hall–Kier alpha value is -3.16. The Morgan fingerprint density at radius 3 is 2.72 bits per heavy atom. The maximum absolute atomic E-state index is 13.6. The van der Waals surface area contributed by atoms with Crippen molar-refractivity contribution in [3.63, 3.8) is 0 Å². The summed E-state index contributed by atoms with van der Waals surface area (Å²) < 4.78 is 1.65. The molecule has 1 aromatic carbocycles. The van der Waals surface area contributed by atoms with Gasteiger partial charge in [0.15, 0.2) is 5.69 Å². The number of carbonyl (C=O) groups excluding carboxylic acids is 3. The highest BCUT2D eigenvalue weighted by Gasteiger charge is 2.53. The topological polar surface area (TPSA) is 96.3 Å². The highest BCUT2D eigenvalue weighted by molar-refractivity contribution is 6.07. The lowest BCUT2D eigenvalue weighted by Crippen LogP contribution is -2.64. The highest BCUT2D eigenvalue weighted by atomic mass is 16.2. The molecule has 1 aromatic heterocycles. The maximum Gasteiger partial charge on any atom is 0.274 e. The standard InChI is InChI=1S/C24H31N5O3/c1-4-5-11-25-21(30)19-20-22(31)29(18-9-10-18)24(3,14-28(20)15-27-19)23(32)26-13-17-8-6-7-16(2)12-17/h6-8,12,15,18H,4-5,9-11,13-14H2,1-3H3,(H,25,30)(H,26,32). The molecule has 1 fully saturated rings. The number of imidazole rings is 1. The van der Waals surface area contributed by atoms with Crippen LogP contribution in [0, 0.1) is 6.92 Å². The van der Waals surface area contributed by atoms with Crippen molar-refractivity contribution in [3.05, 3.63) is 53.1 Å². The first-order chi connectivity index (χ1) is 15.3. The van der Waals surface area contributed by atoms with Crippen molar-refractivity contribution in [2.24, 2.45) is 0 Å². The molecular weight excluding hydrogens is 406 g/mol. The number of fused-ring (bicyclic) bond motifs is 1. The maximum atomic E-state index is 13.6. The lowest BCUT2D eigenvalue weighted by Gasteiger charge is -2.44. The summed E-state index contributed by atoms with van der Waals surface area (Å²) in [6.45, 7) is 7.06. The van der Waals surface area contributed by atoms with Crippen LogP contribution in [-0.2, 0) is 17.9 Å². The van der Waals surface area contributed by atoms with Gasteiger partial charge in [0.2, 0.25) is 5.91 Å². The first-order valence-electron chi connectivity index (χ1n) is 11.4. The van der Waals surface area contributed by atoms with E-state index in [1.165, 1.54) is 6.33 Å². The first-order valence-corrected chi connectivity index (χ1v) is 11.4. The Balaban J connectivity index is 1.57. The number of nitrogens with zero attached hydrogens (tertiary/aromatic N) is 3. The van der Waals surface area contributed by atoms with Crippen molar-refractivity contribution in [1.82, 2.24) is 25.1 Å². The molecule has 3 amide bonds. The number of aryl methyl sites for hydroxylation is 1. The molecule has 1 saturated carbocycles. The van der Waals surface area contributed by atoms with Crippen LogP contribution in [0.25, 0.3) is 0 Å². The molecule has 0 bridgehead atoms. The minimum atomic E-state index is -1.05. The summed E-state index contributed by atoms with van der Waals surface area (Å²) in [5.41, 5.74) is 1.50. The van der Waals surface area contributed by atoms with Crippen molar-refractivity contribution in [3.8, 4) is 0 Å². The molecule has 8 nitrogen and oxygen atoms in total. The summed E-state index contributed by atoms with van der Waals surface area (Å²) in [5.74, 6) is -0.846. The Labute approximate surface area is 188 Å². The molecule has 170 valence electrons. The van der Waals surface area contributed by atoms with Crippen molar-refractivity contribution < 1.29 is 14.4 Å². The second-order valence-corrected chi connectivity index (χ2v) is 9.03. The van der Waals surface area contributed by atoms with E-state index < -0.39 is 5.54 Å². The molecule has 0 saturated heterocycles. The lowest BCUT2D eigenvalue weighted by molar-refractivity contribution is -0.133. The van der Waals surface area contributed by atoms with Crippen LogP contribution in [0.5, 0.6) is 0 Å². The van der Waals surface area contributed by atoms with E-state index in [4.69, 9.17) is 0 Å². The Kier molecular flexibility index (Phi) is 6.04. The van der Waals surface area contributed by atoms with E-state index in [2.05, 4.69) is 15.6 Å². The summed E-state index contributed by atoms with van der Waals surface area (Å²) in [7, 11) is 0. The predicted octanol–water partition coefficient (Wildman–Crippen LogP) is 2.41. The second-order valence-electron chi connectivity index (χ2n) is 9.03. The fraction of sp³-hybridized carbons (Fsp3) is 0.500. The zero-order valence-corrected chi connectivity index (χ0v) is 19.0. The lowest BCUT2D eigenvalue weighted by atomic mass is 9.93. The van der Waals surface area contributed by atoms with Gasteiger partial charge in [-0.1, -0.05) is 43.2 Å². The minimum Gasteiger partial charge on any atom is -0.351 e. The van der Waals surface area contributed by atoms with E-state index in [1.54, 1.807) is 16.4 Å². The number of benzene rings is 1. The Morgan fingerprint density at radius 2 is 2.03 bits per heavy atom. The summed E-state index contributed by atoms with van der Waals surface area (Å²) in [4.78, 5) is 45.5. The number of carbonyl (C=O) groups is 3. The number of unbranched alkanes of at least 4 members (excludes halogenated alkanes) is 1. The minimum absolute atomic E-state index is 0.0110. The van der Waals surface area contributed by atoms with Crippen molar-refractivity contribution in [1.29, 1.82) is 0 Å². The number of amides is 3. The van der Waals surface area contributed by atoms with E-state index >= 15 is 0 Å². The van der Waals surface area contributed by atoms with Crippen LogP contribution in [0.4, 0.5) is 0 Å². The quantitative estimate of drug-likeness (QED) is 0.620. The summed E-state index contributed by atoms with van der Waals surface area (Å²) in [5, 5.41) is 5.86. The fourth-order valence-electron chi connectivity index (χ4n) is 4.38. The average Bonchev–Trinajstić information content (AvgIpc) is 3.50. The van der Waals surface area contributed by atoms with E-state index in [0.717, 1.165) is 36.8 Å². The van der Waals surface area contributed by atoms with Crippen LogP contribution in [0.1, 0.15) is 71.6 Å². The van der Waals surface area contributed by atoms with Gasteiger partial charge in [0.25, 0.3) is 11.8 Å². The molecule has 1 aliphatic heterocycles. The molecule has 2 aliphatic rings. The number of rotatable bonds is 8. The zero-order chi connectivity index (χ0) is 22.9. The molecule has 0 radical (unpaired) electrons. The molecule has 1 atom stereocenters. The predicted molar refractivity (Wildman–Crippen MR) is 120 cm³/mol. The van der Waals surface area contributed by atoms with Gasteiger partial charge in [-0.25, -0.2) is 4.98 Å². The summed E-state index contributed by atoms with van der Waals surface area (Å²) in [6, 6.07) is 7.99. The Bertz CT molecular complexity index is 1040. The van der Waals surface area contributed by atoms with Crippen LogP contribution < -0.4 is 10.6 Å². The van der Waals surface area contributed by atoms with Gasteiger partial charge in [0.1, 0.15) is 11.2 Å². The van der Waals surface area contributed by atoms with E-state index in [0.29, 0.717) is 13.1 Å². The van der Waals surface area contributed by atoms with Gasteiger partial charge >= 0.3 is 0 Å². The second kappa shape index (κ2) is 8.76. The van der Waals surface area contributed by atoms with Crippen LogP contribution >= 0.6 is 0 Å². The third-order valence-electron chi connectivity index (χ3n) is 6.24. The smallest absolute Gasteiger partial charge is 0.274 e. The number of aromatic nitrogens is 2. The van der Waals surface area contributed by atoms with E-state index in [-0.39, 0.29) is 41.7 Å². The molecule has 1 aliphatic carbocycles. The normalized spacial score (nSPS) is 20.1. The molecule has 4 rings (SSSR count). The molecular formula is C24H31N5O3. The third-order valence-corrected chi connectivity index (χ3v) is 6.24. The largest absolute Gasteiger partial charge is 0.351 e. The molecule has 2 N–H and O–H groups in total. The Morgan fingerprint density at radius 1 is 1.25 bits per heavy atom. The van der Waals surface area contributed by atoms with Gasteiger partial charge in [0.05, 0.1) is 12.9 Å². The molecule has 1 unspecified atom stereocenters. The highest BCUT2D eigenvalue weighted by Crippen LogP contribution is 2.38. The molecule has 2 heterocycles. The van der Waals surface area contributed by atoms with Gasteiger partial charge in [-0.15, -0.1) is 0 Å². The van der Waals surface area contributed by atoms with E-state index in [1.807, 2.05) is 38.1 Å². The van der Waals surface area contributed by atoms with Crippen molar-refractivity contribution in [2.45, 2.75) is 71.1 Å². The van der Waals surface area contributed by atoms with Crippen LogP contribution in [0.3, 0.4) is 0 Å². The number of nitrogens with one attached hydrogen (secondary N) is 2. The van der Waals surface area contributed by atoms with Crippen molar-refractivity contribution >= 4 is 17.7 Å².